The van der Waals surface area contributed by atoms with Crippen LogP contribution in [0.1, 0.15) is 15.9 Å². The molecule has 4 rings (SSSR count). The van der Waals surface area contributed by atoms with Gasteiger partial charge >= 0.3 is 12.0 Å². The summed E-state index contributed by atoms with van der Waals surface area (Å²) in [5.41, 5.74) is 2.45. The summed E-state index contributed by atoms with van der Waals surface area (Å²) in [7, 11) is 0. The molecule has 0 bridgehead atoms. The highest BCUT2D eigenvalue weighted by Gasteiger charge is 2.30. The molecule has 1 heterocycles. The lowest BCUT2D eigenvalue weighted by atomic mass is 9.99. The van der Waals surface area contributed by atoms with Crippen molar-refractivity contribution in [3.63, 3.8) is 0 Å². The Bertz CT molecular complexity index is 1350. The largest absolute Gasteiger partial charge is 0.573 e. The molecule has 0 fully saturated rings. The second-order valence-electron chi connectivity index (χ2n) is 6.87. The molecule has 3 aromatic carbocycles. The van der Waals surface area contributed by atoms with E-state index < -0.39 is 12.0 Å². The lowest BCUT2D eigenvalue weighted by molar-refractivity contribution is -0.274. The van der Waals surface area contributed by atoms with Gasteiger partial charge in [0.2, 0.25) is 0 Å². The molecule has 160 valence electrons. The van der Waals surface area contributed by atoms with Crippen LogP contribution in [0.15, 0.2) is 94.2 Å². The average Bonchev–Trinajstić information content (AvgIpc) is 2.77. The molecule has 0 atom stereocenters. The molecule has 0 radical (unpaired) electrons. The van der Waals surface area contributed by atoms with Crippen molar-refractivity contribution in [1.82, 2.24) is 0 Å². The summed E-state index contributed by atoms with van der Waals surface area (Å²) >= 11 is 0. The van der Waals surface area contributed by atoms with E-state index in [-0.39, 0.29) is 11.5 Å². The number of carbonyl (C=O) groups excluding carboxylic acids is 1. The zero-order valence-electron chi connectivity index (χ0n) is 16.4. The maximum absolute atomic E-state index is 12.5. The fourth-order valence-corrected chi connectivity index (χ4v) is 3.21. The SMILES string of the molecule is O=C(C=Cc1ccc(OC(F)(F)F)cc1)c1ccc(-c2cc(=O)oc3ccccc23)cc1. The molecule has 32 heavy (non-hydrogen) atoms. The number of alkyl halides is 3. The van der Waals surface area contributed by atoms with Crippen LogP contribution in [0.2, 0.25) is 0 Å². The molecule has 4 aromatic rings. The fraction of sp³-hybridized carbons (Fsp3) is 0.0400. The Balaban J connectivity index is 1.51. The first kappa shape index (κ1) is 21.1. The Labute approximate surface area is 180 Å². The van der Waals surface area contributed by atoms with Crippen LogP contribution in [0.5, 0.6) is 5.75 Å². The number of ketones is 1. The molecule has 0 saturated heterocycles. The fourth-order valence-electron chi connectivity index (χ4n) is 3.21. The lowest BCUT2D eigenvalue weighted by Crippen LogP contribution is -2.16. The van der Waals surface area contributed by atoms with Gasteiger partial charge in [0, 0.05) is 17.0 Å². The standard InChI is InChI=1S/C25H15F3O4/c26-25(27,28)32-19-12-5-16(6-13-19)7-14-22(29)18-10-8-17(9-11-18)21-15-24(30)31-23-4-2-1-3-20(21)23/h1-15H. The van der Waals surface area contributed by atoms with Gasteiger partial charge in [-0.05, 0) is 41.0 Å². The van der Waals surface area contributed by atoms with E-state index in [2.05, 4.69) is 4.74 Å². The Morgan fingerprint density at radius 1 is 0.906 bits per heavy atom. The molecule has 0 aliphatic heterocycles. The van der Waals surface area contributed by atoms with Gasteiger partial charge in [-0.25, -0.2) is 4.79 Å². The number of fused-ring (bicyclic) bond motifs is 1. The molecular formula is C25H15F3O4. The molecule has 0 amide bonds. The molecular weight excluding hydrogens is 421 g/mol. The maximum Gasteiger partial charge on any atom is 0.573 e. The van der Waals surface area contributed by atoms with E-state index in [9.17, 15) is 22.8 Å². The molecule has 4 nitrogen and oxygen atoms in total. The highest BCUT2D eigenvalue weighted by atomic mass is 19.4. The second kappa shape index (κ2) is 8.55. The molecule has 0 unspecified atom stereocenters. The molecule has 0 spiro atoms. The zero-order chi connectivity index (χ0) is 22.7. The van der Waals surface area contributed by atoms with Crippen LogP contribution in [0.4, 0.5) is 13.2 Å². The van der Waals surface area contributed by atoms with Crippen molar-refractivity contribution in [3.05, 3.63) is 106 Å². The van der Waals surface area contributed by atoms with Gasteiger partial charge in [0.05, 0.1) is 0 Å². The van der Waals surface area contributed by atoms with E-state index >= 15 is 0 Å². The third-order valence-corrected chi connectivity index (χ3v) is 4.67. The van der Waals surface area contributed by atoms with Crippen molar-refractivity contribution in [2.24, 2.45) is 0 Å². The number of allylic oxidation sites excluding steroid dienone is 1. The van der Waals surface area contributed by atoms with E-state index in [0.717, 1.165) is 10.9 Å². The van der Waals surface area contributed by atoms with Gasteiger partial charge in [0.1, 0.15) is 11.3 Å². The van der Waals surface area contributed by atoms with E-state index in [0.29, 0.717) is 22.3 Å². The maximum atomic E-state index is 12.5. The van der Waals surface area contributed by atoms with Gasteiger partial charge in [-0.15, -0.1) is 13.2 Å². The van der Waals surface area contributed by atoms with Crippen LogP contribution in [0.3, 0.4) is 0 Å². The van der Waals surface area contributed by atoms with Crippen molar-refractivity contribution in [2.45, 2.75) is 6.36 Å². The van der Waals surface area contributed by atoms with Gasteiger partial charge in [-0.1, -0.05) is 60.7 Å². The predicted molar refractivity (Wildman–Crippen MR) is 114 cm³/mol. The summed E-state index contributed by atoms with van der Waals surface area (Å²) in [6.45, 7) is 0. The smallest absolute Gasteiger partial charge is 0.423 e. The van der Waals surface area contributed by atoms with Crippen LogP contribution in [0, 0.1) is 0 Å². The molecule has 0 aliphatic carbocycles. The van der Waals surface area contributed by atoms with Crippen molar-refractivity contribution >= 4 is 22.8 Å². The van der Waals surface area contributed by atoms with Crippen LogP contribution < -0.4 is 10.4 Å². The number of hydrogen-bond acceptors (Lipinski definition) is 4. The number of carbonyl (C=O) groups is 1. The first-order valence-corrected chi connectivity index (χ1v) is 9.50. The Hall–Kier alpha value is -4.13. The van der Waals surface area contributed by atoms with Gasteiger partial charge in [-0.3, -0.25) is 4.79 Å². The summed E-state index contributed by atoms with van der Waals surface area (Å²) in [4.78, 5) is 24.3. The minimum atomic E-state index is -4.75. The quantitative estimate of drug-likeness (QED) is 0.211. The molecule has 0 aliphatic rings. The van der Waals surface area contributed by atoms with Crippen molar-refractivity contribution in [2.75, 3.05) is 0 Å². The summed E-state index contributed by atoms with van der Waals surface area (Å²) in [6, 6.07) is 20.5. The van der Waals surface area contributed by atoms with E-state index in [1.807, 2.05) is 12.1 Å². The number of hydrogen-bond donors (Lipinski definition) is 0. The highest BCUT2D eigenvalue weighted by Crippen LogP contribution is 2.27. The number of para-hydroxylation sites is 1. The van der Waals surface area contributed by atoms with Crippen molar-refractivity contribution < 1.29 is 27.1 Å². The molecule has 0 N–H and O–H groups in total. The Morgan fingerprint density at radius 2 is 1.59 bits per heavy atom. The van der Waals surface area contributed by atoms with Crippen LogP contribution in [-0.4, -0.2) is 12.1 Å². The number of benzene rings is 3. The number of halogens is 3. The minimum absolute atomic E-state index is 0.274. The van der Waals surface area contributed by atoms with Gasteiger partial charge < -0.3 is 9.15 Å². The second-order valence-corrected chi connectivity index (χ2v) is 6.87. The summed E-state index contributed by atoms with van der Waals surface area (Å²) in [5, 5.41) is 0.782. The normalized spacial score (nSPS) is 11.7. The minimum Gasteiger partial charge on any atom is -0.423 e. The first-order chi connectivity index (χ1) is 15.3. The van der Waals surface area contributed by atoms with E-state index in [1.54, 1.807) is 36.4 Å². The predicted octanol–water partition coefficient (Wildman–Crippen LogP) is 6.25. The molecule has 1 aromatic heterocycles. The molecule has 7 heteroatoms. The summed E-state index contributed by atoms with van der Waals surface area (Å²) in [5.74, 6) is -0.608. The first-order valence-electron chi connectivity index (χ1n) is 9.50. The van der Waals surface area contributed by atoms with Gasteiger partial charge in [-0.2, -0.15) is 0 Å². The lowest BCUT2D eigenvalue weighted by Gasteiger charge is -2.08. The third-order valence-electron chi connectivity index (χ3n) is 4.67. The zero-order valence-corrected chi connectivity index (χ0v) is 16.4. The van der Waals surface area contributed by atoms with E-state index in [4.69, 9.17) is 4.42 Å². The van der Waals surface area contributed by atoms with Gasteiger partial charge in [0.25, 0.3) is 0 Å². The summed E-state index contributed by atoms with van der Waals surface area (Å²) < 4.78 is 45.7. The van der Waals surface area contributed by atoms with Crippen molar-refractivity contribution in [3.8, 4) is 16.9 Å². The highest BCUT2D eigenvalue weighted by molar-refractivity contribution is 6.07. The Kier molecular flexibility index (Phi) is 5.64. The monoisotopic (exact) mass is 436 g/mol. The van der Waals surface area contributed by atoms with E-state index in [1.165, 1.54) is 42.5 Å². The Morgan fingerprint density at radius 3 is 2.28 bits per heavy atom. The number of ether oxygens (including phenoxy) is 1. The van der Waals surface area contributed by atoms with Crippen LogP contribution in [-0.2, 0) is 0 Å². The van der Waals surface area contributed by atoms with Crippen LogP contribution in [0.25, 0.3) is 28.2 Å². The van der Waals surface area contributed by atoms with Crippen molar-refractivity contribution in [1.29, 1.82) is 0 Å². The van der Waals surface area contributed by atoms with Gasteiger partial charge in [0.15, 0.2) is 5.78 Å². The summed E-state index contributed by atoms with van der Waals surface area (Å²) in [6.07, 6.45) is -1.92. The van der Waals surface area contributed by atoms with Crippen LogP contribution >= 0.6 is 0 Å². The topological polar surface area (TPSA) is 56.5 Å². The third kappa shape index (κ3) is 4.95. The molecule has 0 saturated carbocycles. The average molecular weight is 436 g/mol. The number of rotatable bonds is 5.